The van der Waals surface area contributed by atoms with Gasteiger partial charge in [0, 0.05) is 19.3 Å². The summed E-state index contributed by atoms with van der Waals surface area (Å²) in [5.41, 5.74) is 0. The number of unbranched alkanes of at least 4 members (excludes halogenated alkanes) is 44. The number of esters is 3. The van der Waals surface area contributed by atoms with Crippen LogP contribution in [0.2, 0.25) is 0 Å². The van der Waals surface area contributed by atoms with Crippen LogP contribution in [0, 0.1) is 11.8 Å². The molecule has 0 rings (SSSR count). The topological polar surface area (TPSA) is 78.9 Å². The van der Waals surface area contributed by atoms with E-state index in [1.807, 2.05) is 0 Å². The van der Waals surface area contributed by atoms with E-state index in [1.54, 1.807) is 0 Å². The first-order valence-corrected chi connectivity index (χ1v) is 32.8. The number of carbonyl (C=O) groups excluding carboxylic acids is 3. The van der Waals surface area contributed by atoms with E-state index < -0.39 is 6.10 Å². The molecule has 0 amide bonds. The summed E-state index contributed by atoms with van der Waals surface area (Å²) in [5, 5.41) is 0. The molecule has 0 saturated heterocycles. The minimum atomic E-state index is -0.764. The molecule has 428 valence electrons. The van der Waals surface area contributed by atoms with Crippen molar-refractivity contribution in [1.82, 2.24) is 0 Å². The molecular weight excluding hydrogens is 889 g/mol. The number of hydrogen-bond acceptors (Lipinski definition) is 6. The summed E-state index contributed by atoms with van der Waals surface area (Å²) in [7, 11) is 0. The van der Waals surface area contributed by atoms with Gasteiger partial charge in [-0.3, -0.25) is 14.4 Å². The van der Waals surface area contributed by atoms with Crippen molar-refractivity contribution in [2.24, 2.45) is 11.8 Å². The second-order valence-corrected chi connectivity index (χ2v) is 23.5. The van der Waals surface area contributed by atoms with Crippen LogP contribution in [0.15, 0.2) is 0 Å². The van der Waals surface area contributed by atoms with Gasteiger partial charge in [0.05, 0.1) is 0 Å². The highest BCUT2D eigenvalue weighted by Gasteiger charge is 2.19. The molecule has 6 nitrogen and oxygen atoms in total. The Balaban J connectivity index is 4.24. The maximum Gasteiger partial charge on any atom is 0.306 e. The SMILES string of the molecule is CCCCCCCCCCCCCCCCCCCCCC(=O)O[C@@H](COC(=O)CCCCCCCCCCCCCCCCCCCCC(C)CC)COC(=O)CCCCCCCCCCCCC(C)C. The van der Waals surface area contributed by atoms with Crippen LogP contribution in [-0.4, -0.2) is 37.2 Å². The first-order valence-electron chi connectivity index (χ1n) is 32.8. The molecule has 0 heterocycles. The van der Waals surface area contributed by atoms with E-state index in [0.717, 1.165) is 69.6 Å². The lowest BCUT2D eigenvalue weighted by Crippen LogP contribution is -2.30. The van der Waals surface area contributed by atoms with Crippen LogP contribution < -0.4 is 0 Å². The lowest BCUT2D eigenvalue weighted by molar-refractivity contribution is -0.167. The lowest BCUT2D eigenvalue weighted by atomic mass is 9.99. The van der Waals surface area contributed by atoms with E-state index in [1.165, 1.54) is 263 Å². The van der Waals surface area contributed by atoms with E-state index in [-0.39, 0.29) is 31.1 Å². The highest BCUT2D eigenvalue weighted by Crippen LogP contribution is 2.19. The molecule has 72 heavy (non-hydrogen) atoms. The van der Waals surface area contributed by atoms with E-state index in [2.05, 4.69) is 34.6 Å². The predicted octanol–water partition coefficient (Wildman–Crippen LogP) is 22.0. The molecule has 0 fully saturated rings. The van der Waals surface area contributed by atoms with Crippen LogP contribution in [0.4, 0.5) is 0 Å². The smallest absolute Gasteiger partial charge is 0.306 e. The first-order chi connectivity index (χ1) is 35.3. The third kappa shape index (κ3) is 57.7. The molecule has 0 spiro atoms. The zero-order chi connectivity index (χ0) is 52.5. The van der Waals surface area contributed by atoms with Gasteiger partial charge in [-0.25, -0.2) is 0 Å². The van der Waals surface area contributed by atoms with Crippen LogP contribution in [0.25, 0.3) is 0 Å². The fourth-order valence-corrected chi connectivity index (χ4v) is 10.3. The molecule has 2 atom stereocenters. The standard InChI is InChI=1S/C66H128O6/c1-6-8-9-10-11-12-13-14-15-16-17-22-25-28-31-38-43-48-53-58-66(69)72-63(60-71-65(68)57-52-47-42-37-33-32-34-39-44-49-54-61(3)4)59-70-64(67)56-51-46-41-36-30-27-24-21-19-18-20-23-26-29-35-40-45-50-55-62(5)7-2/h61-63H,6-60H2,1-5H3/t62?,63-/m0/s1. The molecule has 0 bridgehead atoms. The van der Waals surface area contributed by atoms with Gasteiger partial charge in [-0.2, -0.15) is 0 Å². The van der Waals surface area contributed by atoms with Crippen molar-refractivity contribution in [1.29, 1.82) is 0 Å². The first kappa shape index (κ1) is 70.4. The zero-order valence-corrected chi connectivity index (χ0v) is 49.6. The van der Waals surface area contributed by atoms with Gasteiger partial charge in [0.25, 0.3) is 0 Å². The van der Waals surface area contributed by atoms with Gasteiger partial charge in [-0.1, -0.05) is 336 Å². The molecule has 0 aliphatic heterocycles. The van der Waals surface area contributed by atoms with E-state index in [0.29, 0.717) is 19.3 Å². The molecule has 6 heteroatoms. The average Bonchev–Trinajstić information content (AvgIpc) is 3.37. The Hall–Kier alpha value is -1.59. The van der Waals surface area contributed by atoms with E-state index in [4.69, 9.17) is 14.2 Å². The molecule has 0 aromatic carbocycles. The zero-order valence-electron chi connectivity index (χ0n) is 49.6. The second kappa shape index (κ2) is 58.7. The molecule has 0 saturated carbocycles. The van der Waals surface area contributed by atoms with Crippen molar-refractivity contribution in [3.05, 3.63) is 0 Å². The molecule has 0 radical (unpaired) electrons. The molecule has 0 aliphatic rings. The third-order valence-corrected chi connectivity index (χ3v) is 15.6. The average molecular weight is 1020 g/mol. The normalized spacial score (nSPS) is 12.4. The Bertz CT molecular complexity index is 1110. The van der Waals surface area contributed by atoms with Gasteiger partial charge in [0.2, 0.25) is 0 Å². The fourth-order valence-electron chi connectivity index (χ4n) is 10.3. The highest BCUT2D eigenvalue weighted by atomic mass is 16.6. The highest BCUT2D eigenvalue weighted by molar-refractivity contribution is 5.71. The molecule has 0 aromatic heterocycles. The predicted molar refractivity (Wildman–Crippen MR) is 312 cm³/mol. The van der Waals surface area contributed by atoms with Gasteiger partial charge in [-0.05, 0) is 31.1 Å². The minimum Gasteiger partial charge on any atom is -0.462 e. The van der Waals surface area contributed by atoms with Gasteiger partial charge in [0.1, 0.15) is 13.2 Å². The van der Waals surface area contributed by atoms with Crippen LogP contribution in [-0.2, 0) is 28.6 Å². The third-order valence-electron chi connectivity index (χ3n) is 15.6. The summed E-state index contributed by atoms with van der Waals surface area (Å²) >= 11 is 0. The summed E-state index contributed by atoms with van der Waals surface area (Å²) < 4.78 is 17.0. The fraction of sp³-hybridized carbons (Fsp3) is 0.955. The van der Waals surface area contributed by atoms with Crippen molar-refractivity contribution in [3.63, 3.8) is 0 Å². The number of rotatable bonds is 60. The Kier molecular flexibility index (Phi) is 57.4. The quantitative estimate of drug-likeness (QED) is 0.0343. The van der Waals surface area contributed by atoms with Crippen molar-refractivity contribution in [2.75, 3.05) is 13.2 Å². The largest absolute Gasteiger partial charge is 0.462 e. The van der Waals surface area contributed by atoms with Gasteiger partial charge < -0.3 is 14.2 Å². The Morgan fingerprint density at radius 3 is 0.792 bits per heavy atom. The van der Waals surface area contributed by atoms with E-state index in [9.17, 15) is 14.4 Å². The Labute approximate surface area is 450 Å². The summed E-state index contributed by atoms with van der Waals surface area (Å²) in [5.74, 6) is 0.897. The van der Waals surface area contributed by atoms with Crippen molar-refractivity contribution in [2.45, 2.75) is 381 Å². The van der Waals surface area contributed by atoms with Crippen LogP contribution >= 0.6 is 0 Å². The van der Waals surface area contributed by atoms with Crippen molar-refractivity contribution >= 4 is 17.9 Å². The van der Waals surface area contributed by atoms with Crippen molar-refractivity contribution < 1.29 is 28.6 Å². The Morgan fingerprint density at radius 2 is 0.528 bits per heavy atom. The number of carbonyl (C=O) groups is 3. The second-order valence-electron chi connectivity index (χ2n) is 23.5. The maximum atomic E-state index is 12.9. The number of ether oxygens (including phenoxy) is 3. The minimum absolute atomic E-state index is 0.0620. The summed E-state index contributed by atoms with van der Waals surface area (Å²) in [4.78, 5) is 38.3. The Morgan fingerprint density at radius 1 is 0.292 bits per heavy atom. The van der Waals surface area contributed by atoms with Crippen LogP contribution in [0.5, 0.6) is 0 Å². The van der Waals surface area contributed by atoms with Gasteiger partial charge in [-0.15, -0.1) is 0 Å². The molecule has 0 N–H and O–H groups in total. The molecule has 1 unspecified atom stereocenters. The van der Waals surface area contributed by atoms with Gasteiger partial charge in [0.15, 0.2) is 6.10 Å². The monoisotopic (exact) mass is 1020 g/mol. The van der Waals surface area contributed by atoms with Crippen LogP contribution in [0.3, 0.4) is 0 Å². The lowest BCUT2D eigenvalue weighted by Gasteiger charge is -2.18. The number of hydrogen-bond donors (Lipinski definition) is 0. The maximum absolute atomic E-state index is 12.9. The van der Waals surface area contributed by atoms with Crippen molar-refractivity contribution in [3.8, 4) is 0 Å². The summed E-state index contributed by atoms with van der Waals surface area (Å²) in [6, 6.07) is 0. The molecule has 0 aliphatic carbocycles. The molecular formula is C66H128O6. The van der Waals surface area contributed by atoms with Gasteiger partial charge >= 0.3 is 17.9 Å². The molecule has 0 aromatic rings. The van der Waals surface area contributed by atoms with Crippen LogP contribution in [0.1, 0.15) is 375 Å². The van der Waals surface area contributed by atoms with E-state index >= 15 is 0 Å². The summed E-state index contributed by atoms with van der Waals surface area (Å²) in [6.45, 7) is 11.5. The summed E-state index contributed by atoms with van der Waals surface area (Å²) in [6.07, 6.45) is 65.4.